The fourth-order valence-electron chi connectivity index (χ4n) is 1.18. The Kier molecular flexibility index (Phi) is 20.6. The van der Waals surface area contributed by atoms with Crippen LogP contribution in [0.15, 0.2) is 36.4 Å². The zero-order valence-electron chi connectivity index (χ0n) is 15.0. The van der Waals surface area contributed by atoms with Crippen LogP contribution in [0.5, 0.6) is 0 Å². The molecule has 5 N–H and O–H groups in total. The Labute approximate surface area is 148 Å². The van der Waals surface area contributed by atoms with Gasteiger partial charge in [-0.2, -0.15) is 0 Å². The number of allylic oxidation sites excluding steroid dienone is 2. The Morgan fingerprint density at radius 3 is 2.12 bits per heavy atom. The summed E-state index contributed by atoms with van der Waals surface area (Å²) in [6.07, 6.45) is 6.53. The standard InChI is InChI=1S/C12H20BNO3.C5H13N.CH4/c1-4-10(3)9-14-12(15)11(5-2)7-6-8-13(16)17;1-3-5(2)4-6;/h5-8,10,16-17H,2,4,9H2,1,3H3,(H,14,15);5H,3-4,6H2,1-2H3;1H4/b8-6+,11-7+;;. The predicted octanol–water partition coefficient (Wildman–Crippen LogP) is 2.46. The van der Waals surface area contributed by atoms with E-state index < -0.39 is 7.12 Å². The highest BCUT2D eigenvalue weighted by Gasteiger charge is 2.06. The molecular weight excluding hydrogens is 303 g/mol. The van der Waals surface area contributed by atoms with Crippen LogP contribution in [0.25, 0.3) is 0 Å². The molecule has 0 aromatic heterocycles. The second-order valence-corrected chi connectivity index (χ2v) is 5.60. The molecule has 0 aliphatic heterocycles. The van der Waals surface area contributed by atoms with Crippen LogP contribution in [0.4, 0.5) is 0 Å². The molecule has 5 nitrogen and oxygen atoms in total. The Morgan fingerprint density at radius 2 is 1.79 bits per heavy atom. The summed E-state index contributed by atoms with van der Waals surface area (Å²) in [6, 6.07) is 0. The maximum atomic E-state index is 11.7. The average Bonchev–Trinajstić information content (AvgIpc) is 2.55. The van der Waals surface area contributed by atoms with Crippen molar-refractivity contribution >= 4 is 13.0 Å². The molecule has 24 heavy (non-hydrogen) atoms. The molecule has 0 aromatic rings. The monoisotopic (exact) mass is 340 g/mol. The lowest BCUT2D eigenvalue weighted by Gasteiger charge is -2.10. The highest BCUT2D eigenvalue weighted by Crippen LogP contribution is 2.01. The maximum Gasteiger partial charge on any atom is 0.480 e. The highest BCUT2D eigenvalue weighted by molar-refractivity contribution is 6.47. The van der Waals surface area contributed by atoms with Gasteiger partial charge in [-0.05, 0) is 18.4 Å². The van der Waals surface area contributed by atoms with Crippen molar-refractivity contribution < 1.29 is 14.8 Å². The quantitative estimate of drug-likeness (QED) is 0.295. The lowest BCUT2D eigenvalue weighted by molar-refractivity contribution is -0.117. The van der Waals surface area contributed by atoms with Crippen molar-refractivity contribution in [1.29, 1.82) is 0 Å². The van der Waals surface area contributed by atoms with Crippen molar-refractivity contribution in [1.82, 2.24) is 5.32 Å². The molecule has 0 fully saturated rings. The van der Waals surface area contributed by atoms with Crippen LogP contribution in [-0.2, 0) is 4.79 Å². The predicted molar refractivity (Wildman–Crippen MR) is 105 cm³/mol. The molecule has 0 saturated carbocycles. The fourth-order valence-corrected chi connectivity index (χ4v) is 1.18. The van der Waals surface area contributed by atoms with E-state index >= 15 is 0 Å². The van der Waals surface area contributed by atoms with Crippen LogP contribution in [0, 0.1) is 11.8 Å². The van der Waals surface area contributed by atoms with E-state index in [1.165, 1.54) is 24.6 Å². The second kappa shape index (κ2) is 18.0. The van der Waals surface area contributed by atoms with E-state index in [1.807, 2.05) is 0 Å². The largest absolute Gasteiger partial charge is 0.480 e. The Morgan fingerprint density at radius 1 is 1.25 bits per heavy atom. The molecular formula is C18H37BN2O3. The summed E-state index contributed by atoms with van der Waals surface area (Å²) < 4.78 is 0. The molecule has 0 heterocycles. The van der Waals surface area contributed by atoms with E-state index in [0.29, 0.717) is 24.0 Å². The van der Waals surface area contributed by atoms with Gasteiger partial charge in [0.15, 0.2) is 0 Å². The lowest BCUT2D eigenvalue weighted by atomic mass is 9.91. The highest BCUT2D eigenvalue weighted by atomic mass is 16.4. The molecule has 2 unspecified atom stereocenters. The number of nitrogens with two attached hydrogens (primary N) is 1. The summed E-state index contributed by atoms with van der Waals surface area (Å²) in [7, 11) is -1.51. The number of hydrogen-bond acceptors (Lipinski definition) is 4. The summed E-state index contributed by atoms with van der Waals surface area (Å²) in [4.78, 5) is 11.7. The van der Waals surface area contributed by atoms with Crippen molar-refractivity contribution in [3.63, 3.8) is 0 Å². The zero-order chi connectivity index (χ0) is 18.3. The Hall–Kier alpha value is -1.37. The van der Waals surface area contributed by atoms with Gasteiger partial charge >= 0.3 is 7.12 Å². The van der Waals surface area contributed by atoms with Gasteiger partial charge in [0, 0.05) is 12.1 Å². The van der Waals surface area contributed by atoms with Gasteiger partial charge in [0.1, 0.15) is 0 Å². The van der Waals surface area contributed by atoms with Crippen molar-refractivity contribution in [3.05, 3.63) is 36.4 Å². The van der Waals surface area contributed by atoms with Crippen LogP contribution in [0.1, 0.15) is 48.0 Å². The molecule has 0 radical (unpaired) electrons. The molecule has 0 saturated heterocycles. The molecule has 0 rings (SSSR count). The SMILES string of the molecule is C.C=C/C(=C\C=C\B(O)O)C(=O)NCC(C)CC.CCC(C)CN. The number of hydrogen-bond donors (Lipinski definition) is 4. The van der Waals surface area contributed by atoms with E-state index in [2.05, 4.69) is 39.6 Å². The molecule has 0 spiro atoms. The molecule has 0 aliphatic rings. The molecule has 0 bridgehead atoms. The molecule has 1 amide bonds. The number of rotatable bonds is 9. The summed E-state index contributed by atoms with van der Waals surface area (Å²) in [5, 5.41) is 20.0. The van der Waals surface area contributed by atoms with Gasteiger partial charge in [0.05, 0.1) is 0 Å². The minimum atomic E-state index is -1.51. The summed E-state index contributed by atoms with van der Waals surface area (Å²) in [5.41, 5.74) is 5.68. The van der Waals surface area contributed by atoms with Gasteiger partial charge in [0.25, 0.3) is 5.91 Å². The van der Waals surface area contributed by atoms with Crippen molar-refractivity contribution in [2.75, 3.05) is 13.1 Å². The minimum Gasteiger partial charge on any atom is -0.424 e. The average molecular weight is 340 g/mol. The first kappa shape index (κ1) is 27.5. The third-order valence-corrected chi connectivity index (χ3v) is 3.45. The van der Waals surface area contributed by atoms with Crippen molar-refractivity contribution in [3.8, 4) is 0 Å². The van der Waals surface area contributed by atoms with Crippen LogP contribution >= 0.6 is 0 Å². The third-order valence-electron chi connectivity index (χ3n) is 3.45. The van der Waals surface area contributed by atoms with Gasteiger partial charge in [0.2, 0.25) is 0 Å². The molecule has 0 aliphatic carbocycles. The molecule has 0 aromatic carbocycles. The van der Waals surface area contributed by atoms with Gasteiger partial charge in [-0.3, -0.25) is 4.79 Å². The normalized spacial score (nSPS) is 13.2. The van der Waals surface area contributed by atoms with Gasteiger partial charge < -0.3 is 21.1 Å². The van der Waals surface area contributed by atoms with Crippen LogP contribution in [-0.4, -0.2) is 36.2 Å². The number of nitrogens with one attached hydrogen (secondary N) is 1. The number of carbonyl (C=O) groups excluding carboxylic acids is 1. The zero-order valence-corrected chi connectivity index (χ0v) is 15.0. The molecule has 6 heteroatoms. The van der Waals surface area contributed by atoms with Crippen LogP contribution in [0.3, 0.4) is 0 Å². The Bertz CT molecular complexity index is 378. The van der Waals surface area contributed by atoms with E-state index in [1.54, 1.807) is 0 Å². The number of amides is 1. The smallest absolute Gasteiger partial charge is 0.424 e. The van der Waals surface area contributed by atoms with E-state index in [9.17, 15) is 4.79 Å². The van der Waals surface area contributed by atoms with Gasteiger partial charge in [-0.1, -0.05) is 78.7 Å². The van der Waals surface area contributed by atoms with E-state index in [4.69, 9.17) is 15.8 Å². The first-order valence-electron chi connectivity index (χ1n) is 8.17. The van der Waals surface area contributed by atoms with E-state index in [-0.39, 0.29) is 13.3 Å². The topological polar surface area (TPSA) is 95.6 Å². The van der Waals surface area contributed by atoms with Crippen LogP contribution < -0.4 is 11.1 Å². The van der Waals surface area contributed by atoms with Crippen molar-refractivity contribution in [2.45, 2.75) is 48.0 Å². The van der Waals surface area contributed by atoms with E-state index in [0.717, 1.165) is 18.9 Å². The van der Waals surface area contributed by atoms with Crippen LogP contribution in [0.2, 0.25) is 0 Å². The first-order chi connectivity index (χ1) is 10.8. The second-order valence-electron chi connectivity index (χ2n) is 5.60. The maximum absolute atomic E-state index is 11.7. The molecule has 2 atom stereocenters. The van der Waals surface area contributed by atoms with Gasteiger partial charge in [-0.15, -0.1) is 0 Å². The van der Waals surface area contributed by atoms with Gasteiger partial charge in [-0.25, -0.2) is 0 Å². The Balaban J connectivity index is -0.000000538. The third kappa shape index (κ3) is 17.0. The lowest BCUT2D eigenvalue weighted by Crippen LogP contribution is -2.28. The van der Waals surface area contributed by atoms with Crippen molar-refractivity contribution in [2.24, 2.45) is 17.6 Å². The first-order valence-corrected chi connectivity index (χ1v) is 8.17. The summed E-state index contributed by atoms with van der Waals surface area (Å²) in [6.45, 7) is 13.4. The minimum absolute atomic E-state index is 0. The molecule has 140 valence electrons. The fraction of sp³-hybridized carbons (Fsp3) is 0.611. The summed E-state index contributed by atoms with van der Waals surface area (Å²) >= 11 is 0. The summed E-state index contributed by atoms with van der Waals surface area (Å²) in [5.74, 6) is 2.09. The number of carbonyl (C=O) groups is 1.